The summed E-state index contributed by atoms with van der Waals surface area (Å²) < 4.78 is 10.4. The van der Waals surface area contributed by atoms with Crippen LogP contribution in [-0.4, -0.2) is 34.4 Å². The third kappa shape index (κ3) is 8.23. The lowest BCUT2D eigenvalue weighted by Gasteiger charge is -2.36. The lowest BCUT2D eigenvalue weighted by atomic mass is 9.84. The number of nitrogens with one attached hydrogen (secondary N) is 1. The molecule has 4 aromatic rings. The zero-order valence-corrected chi connectivity index (χ0v) is 25.1. The maximum atomic E-state index is 13.5. The van der Waals surface area contributed by atoms with Gasteiger partial charge in [-0.3, -0.25) is 10.1 Å². The van der Waals surface area contributed by atoms with Gasteiger partial charge >= 0.3 is 12.1 Å². The number of thioether (sulfide) groups is 1. The fourth-order valence-electron chi connectivity index (χ4n) is 4.56. The first-order valence-corrected chi connectivity index (χ1v) is 14.8. The zero-order chi connectivity index (χ0) is 30.9. The van der Waals surface area contributed by atoms with E-state index in [1.165, 1.54) is 36.0 Å². The third-order valence-corrected chi connectivity index (χ3v) is 8.15. The minimum Gasteiger partial charge on any atom is -0.459 e. The Morgan fingerprint density at radius 2 is 1.26 bits per heavy atom. The van der Waals surface area contributed by atoms with Gasteiger partial charge in [0.1, 0.15) is 18.2 Å². The number of benzene rings is 4. The van der Waals surface area contributed by atoms with Gasteiger partial charge in [-0.05, 0) is 55.2 Å². The highest BCUT2D eigenvalue weighted by molar-refractivity contribution is 8.00. The van der Waals surface area contributed by atoms with Crippen LogP contribution in [0, 0.1) is 10.1 Å². The van der Waals surface area contributed by atoms with E-state index in [1.807, 2.05) is 54.6 Å². The molecule has 0 saturated heterocycles. The minimum atomic E-state index is -1.06. The van der Waals surface area contributed by atoms with Gasteiger partial charge in [0, 0.05) is 17.9 Å². The second-order valence-electron chi connectivity index (χ2n) is 10.8. The average molecular weight is 599 g/mol. The molecule has 1 N–H and O–H groups in total. The van der Waals surface area contributed by atoms with E-state index in [9.17, 15) is 19.7 Å². The van der Waals surface area contributed by atoms with E-state index in [4.69, 9.17) is 9.47 Å². The van der Waals surface area contributed by atoms with Crippen molar-refractivity contribution in [2.24, 2.45) is 0 Å². The van der Waals surface area contributed by atoms with Crippen LogP contribution in [-0.2, 0) is 25.6 Å². The van der Waals surface area contributed by atoms with Crippen molar-refractivity contribution in [3.8, 4) is 0 Å². The number of carbonyl (C=O) groups excluding carboxylic acids is 2. The number of hydrogen-bond donors (Lipinski definition) is 1. The number of alkyl carbamates (subject to hydrolysis) is 1. The number of esters is 1. The zero-order valence-electron chi connectivity index (χ0n) is 24.3. The summed E-state index contributed by atoms with van der Waals surface area (Å²) >= 11 is 1.51. The normalized spacial score (nSPS) is 12.2. The number of non-ortho nitro benzene ring substituents is 1. The molecule has 43 heavy (non-hydrogen) atoms. The molecule has 0 radical (unpaired) electrons. The van der Waals surface area contributed by atoms with Crippen molar-refractivity contribution in [1.82, 2.24) is 5.32 Å². The van der Waals surface area contributed by atoms with Crippen LogP contribution >= 0.6 is 11.8 Å². The van der Waals surface area contributed by atoms with Crippen LogP contribution in [0.15, 0.2) is 115 Å². The second-order valence-corrected chi connectivity index (χ2v) is 12.1. The number of nitro benzene ring substituents is 1. The lowest BCUT2D eigenvalue weighted by molar-refractivity contribution is -0.384. The van der Waals surface area contributed by atoms with Crippen LogP contribution in [0.4, 0.5) is 10.5 Å². The number of rotatable bonds is 11. The summed E-state index contributed by atoms with van der Waals surface area (Å²) in [6, 6.07) is 34.7. The molecule has 0 aliphatic heterocycles. The summed E-state index contributed by atoms with van der Waals surface area (Å²) in [5.41, 5.74) is 2.77. The molecule has 0 bridgehead atoms. The molecule has 9 heteroatoms. The molecule has 0 spiro atoms. The molecule has 1 atom stereocenters. The second kappa shape index (κ2) is 14.0. The van der Waals surface area contributed by atoms with Crippen molar-refractivity contribution >= 4 is 29.5 Å². The molecular weight excluding hydrogens is 564 g/mol. The van der Waals surface area contributed by atoms with E-state index in [0.29, 0.717) is 5.56 Å². The average Bonchev–Trinajstić information content (AvgIpc) is 3.00. The Kier molecular flexibility index (Phi) is 10.2. The van der Waals surface area contributed by atoms with E-state index in [0.717, 1.165) is 16.7 Å². The maximum absolute atomic E-state index is 13.5. The van der Waals surface area contributed by atoms with Crippen molar-refractivity contribution in [2.45, 2.75) is 43.8 Å². The Hall–Kier alpha value is -4.63. The smallest absolute Gasteiger partial charge is 0.408 e. The molecule has 222 valence electrons. The topological polar surface area (TPSA) is 108 Å². The van der Waals surface area contributed by atoms with Gasteiger partial charge in [0.2, 0.25) is 0 Å². The predicted octanol–water partition coefficient (Wildman–Crippen LogP) is 7.26. The highest BCUT2D eigenvalue weighted by atomic mass is 32.2. The van der Waals surface area contributed by atoms with Gasteiger partial charge in [-0.15, -0.1) is 11.8 Å². The van der Waals surface area contributed by atoms with Gasteiger partial charge in [0.15, 0.2) is 0 Å². The van der Waals surface area contributed by atoms with Crippen molar-refractivity contribution in [2.75, 3.05) is 5.75 Å². The molecule has 0 unspecified atom stereocenters. The summed E-state index contributed by atoms with van der Waals surface area (Å²) in [4.78, 5) is 36.9. The maximum Gasteiger partial charge on any atom is 0.408 e. The van der Waals surface area contributed by atoms with E-state index >= 15 is 0 Å². The number of ether oxygens (including phenoxy) is 2. The highest BCUT2D eigenvalue weighted by Crippen LogP contribution is 2.48. The Morgan fingerprint density at radius 1 is 0.791 bits per heavy atom. The van der Waals surface area contributed by atoms with Crippen molar-refractivity contribution in [3.63, 3.8) is 0 Å². The molecule has 0 aliphatic rings. The predicted molar refractivity (Wildman–Crippen MR) is 168 cm³/mol. The molecule has 4 aromatic carbocycles. The summed E-state index contributed by atoms with van der Waals surface area (Å²) in [7, 11) is 0. The summed E-state index contributed by atoms with van der Waals surface area (Å²) in [5, 5.41) is 13.7. The monoisotopic (exact) mass is 598 g/mol. The van der Waals surface area contributed by atoms with E-state index in [-0.39, 0.29) is 18.0 Å². The highest BCUT2D eigenvalue weighted by Gasteiger charge is 2.39. The van der Waals surface area contributed by atoms with Gasteiger partial charge in [-0.25, -0.2) is 9.59 Å². The van der Waals surface area contributed by atoms with Crippen LogP contribution in [0.2, 0.25) is 0 Å². The van der Waals surface area contributed by atoms with Crippen LogP contribution in [0.25, 0.3) is 0 Å². The van der Waals surface area contributed by atoms with Crippen LogP contribution < -0.4 is 5.32 Å². The molecule has 0 fully saturated rings. The Labute approximate surface area is 255 Å². The van der Waals surface area contributed by atoms with Crippen LogP contribution in [0.1, 0.15) is 43.0 Å². The molecule has 1 amide bonds. The van der Waals surface area contributed by atoms with Gasteiger partial charge in [0.25, 0.3) is 5.69 Å². The van der Waals surface area contributed by atoms with E-state index in [1.54, 1.807) is 20.8 Å². The SMILES string of the molecule is CC(C)(C)OC(=O)N[C@@H](CSC(c1ccccc1)(c1ccccc1)c1ccccc1)C(=O)OCc1ccc([N+](=O)[O-])cc1. The molecule has 4 rings (SSSR count). The number of carbonyl (C=O) groups is 2. The van der Waals surface area contributed by atoms with Crippen LogP contribution in [0.3, 0.4) is 0 Å². The summed E-state index contributed by atoms with van der Waals surface area (Å²) in [6.07, 6.45) is -0.741. The molecule has 0 heterocycles. The van der Waals surface area contributed by atoms with Gasteiger partial charge in [0.05, 0.1) is 9.67 Å². The lowest BCUT2D eigenvalue weighted by Crippen LogP contribution is -2.46. The molecule has 0 aromatic heterocycles. The first kappa shape index (κ1) is 31.3. The van der Waals surface area contributed by atoms with Crippen molar-refractivity contribution < 1.29 is 24.0 Å². The number of nitrogens with zero attached hydrogens (tertiary/aromatic N) is 1. The molecular formula is C34H34N2O6S. The van der Waals surface area contributed by atoms with E-state index in [2.05, 4.69) is 41.7 Å². The largest absolute Gasteiger partial charge is 0.459 e. The third-order valence-electron chi connectivity index (χ3n) is 6.51. The molecule has 8 nitrogen and oxygen atoms in total. The van der Waals surface area contributed by atoms with Crippen molar-refractivity contribution in [3.05, 3.63) is 148 Å². The van der Waals surface area contributed by atoms with Gasteiger partial charge in [-0.2, -0.15) is 0 Å². The fourth-order valence-corrected chi connectivity index (χ4v) is 6.11. The molecule has 0 saturated carbocycles. The first-order valence-electron chi connectivity index (χ1n) is 13.8. The molecule has 0 aliphatic carbocycles. The Bertz CT molecular complexity index is 1410. The number of amides is 1. The Morgan fingerprint density at radius 3 is 1.67 bits per heavy atom. The van der Waals surface area contributed by atoms with Crippen LogP contribution in [0.5, 0.6) is 0 Å². The standard InChI is InChI=1S/C34H34N2O6S/c1-33(2,3)42-32(38)35-30(31(37)41-23-25-19-21-29(22-20-25)36(39)40)24-43-34(26-13-7-4-8-14-26,27-15-9-5-10-16-27)28-17-11-6-12-18-28/h4-22,30H,23-24H2,1-3H3,(H,35,38)/t30-/m0/s1. The van der Waals surface area contributed by atoms with Crippen molar-refractivity contribution in [1.29, 1.82) is 0 Å². The first-order chi connectivity index (χ1) is 20.6. The quantitative estimate of drug-likeness (QED) is 0.0838. The van der Waals surface area contributed by atoms with Gasteiger partial charge in [-0.1, -0.05) is 91.0 Å². The Balaban J connectivity index is 1.67. The minimum absolute atomic E-state index is 0.0602. The number of nitro groups is 1. The summed E-state index contributed by atoms with van der Waals surface area (Å²) in [5.74, 6) is -0.503. The fraction of sp³-hybridized carbons (Fsp3) is 0.235. The number of hydrogen-bond acceptors (Lipinski definition) is 7. The van der Waals surface area contributed by atoms with Gasteiger partial charge < -0.3 is 14.8 Å². The summed E-state index contributed by atoms with van der Waals surface area (Å²) in [6.45, 7) is 5.12. The van der Waals surface area contributed by atoms with E-state index < -0.39 is 33.4 Å².